The van der Waals surface area contributed by atoms with Crippen molar-refractivity contribution in [3.05, 3.63) is 36.0 Å². The van der Waals surface area contributed by atoms with Gasteiger partial charge in [0.15, 0.2) is 0 Å². The molecule has 1 saturated heterocycles. The molecule has 104 valence electrons. The van der Waals surface area contributed by atoms with E-state index in [9.17, 15) is 9.18 Å². The Labute approximate surface area is 115 Å². The Morgan fingerprint density at radius 3 is 2.85 bits per heavy atom. The van der Waals surface area contributed by atoms with Crippen LogP contribution in [-0.4, -0.2) is 28.0 Å². The van der Waals surface area contributed by atoms with Gasteiger partial charge in [-0.05, 0) is 37.1 Å². The van der Waals surface area contributed by atoms with Crippen molar-refractivity contribution in [1.82, 2.24) is 15.0 Å². The molecule has 1 amide bonds. The summed E-state index contributed by atoms with van der Waals surface area (Å²) in [5.74, 6) is 0.615. The molecule has 0 N–H and O–H groups in total. The van der Waals surface area contributed by atoms with Gasteiger partial charge in [0.25, 0.3) is 0 Å². The van der Waals surface area contributed by atoms with Crippen molar-refractivity contribution in [3.63, 3.8) is 0 Å². The summed E-state index contributed by atoms with van der Waals surface area (Å²) >= 11 is 0. The monoisotopic (exact) mass is 275 g/mol. The minimum Gasteiger partial charge on any atom is -0.337 e. The topological polar surface area (TPSA) is 59.2 Å². The zero-order valence-electron chi connectivity index (χ0n) is 11.0. The van der Waals surface area contributed by atoms with E-state index in [4.69, 9.17) is 4.52 Å². The number of piperidine rings is 1. The van der Waals surface area contributed by atoms with E-state index in [-0.39, 0.29) is 17.8 Å². The van der Waals surface area contributed by atoms with Crippen molar-refractivity contribution in [2.75, 3.05) is 7.05 Å². The maximum absolute atomic E-state index is 12.9. The average Bonchev–Trinajstić information content (AvgIpc) is 2.92. The number of carbonyl (C=O) groups excluding carboxylic acids is 1. The molecule has 5 nitrogen and oxygen atoms in total. The Bertz CT molecular complexity index is 624. The van der Waals surface area contributed by atoms with Gasteiger partial charge < -0.3 is 9.42 Å². The molecule has 0 bridgehead atoms. The fourth-order valence-electron chi connectivity index (χ4n) is 2.37. The van der Waals surface area contributed by atoms with Crippen LogP contribution in [0.2, 0.25) is 0 Å². The van der Waals surface area contributed by atoms with Crippen LogP contribution in [0.3, 0.4) is 0 Å². The molecule has 1 aliphatic heterocycles. The predicted octanol–water partition coefficient (Wildman–Crippen LogP) is 2.56. The highest BCUT2D eigenvalue weighted by Crippen LogP contribution is 2.30. The molecule has 2 aromatic rings. The molecule has 1 fully saturated rings. The van der Waals surface area contributed by atoms with Crippen LogP contribution in [-0.2, 0) is 4.79 Å². The molecule has 1 aromatic carbocycles. The number of halogens is 1. The smallest absolute Gasteiger partial charge is 0.249 e. The van der Waals surface area contributed by atoms with E-state index in [0.29, 0.717) is 23.7 Å². The van der Waals surface area contributed by atoms with Gasteiger partial charge in [0.1, 0.15) is 11.9 Å². The van der Waals surface area contributed by atoms with Crippen molar-refractivity contribution >= 4 is 5.91 Å². The Kier molecular flexibility index (Phi) is 3.22. The molecule has 0 radical (unpaired) electrons. The molecular formula is C14H14FN3O2. The van der Waals surface area contributed by atoms with Gasteiger partial charge in [-0.25, -0.2) is 4.39 Å². The van der Waals surface area contributed by atoms with Gasteiger partial charge in [-0.2, -0.15) is 4.98 Å². The standard InChI is InChI=1S/C14H14FN3O2/c1-18-11(3-2-4-12(18)19)14-16-13(17-20-14)9-5-7-10(15)8-6-9/h5-8,11H,2-4H2,1H3. The van der Waals surface area contributed by atoms with Gasteiger partial charge in [0.2, 0.25) is 17.6 Å². The fourth-order valence-corrected chi connectivity index (χ4v) is 2.37. The molecule has 3 rings (SSSR count). The Morgan fingerprint density at radius 1 is 1.35 bits per heavy atom. The highest BCUT2D eigenvalue weighted by molar-refractivity contribution is 5.77. The number of benzene rings is 1. The van der Waals surface area contributed by atoms with E-state index in [2.05, 4.69) is 10.1 Å². The van der Waals surface area contributed by atoms with Gasteiger partial charge in [-0.15, -0.1) is 0 Å². The highest BCUT2D eigenvalue weighted by Gasteiger charge is 2.30. The summed E-state index contributed by atoms with van der Waals surface area (Å²) in [5.41, 5.74) is 0.686. The van der Waals surface area contributed by atoms with E-state index >= 15 is 0 Å². The molecule has 0 saturated carbocycles. The third-order valence-electron chi connectivity index (χ3n) is 3.56. The van der Waals surface area contributed by atoms with E-state index in [1.807, 2.05) is 0 Å². The summed E-state index contributed by atoms with van der Waals surface area (Å²) in [4.78, 5) is 17.7. The molecule has 1 aromatic heterocycles. The first-order valence-electron chi connectivity index (χ1n) is 6.50. The van der Waals surface area contributed by atoms with Gasteiger partial charge in [0.05, 0.1) is 0 Å². The van der Waals surface area contributed by atoms with Crippen molar-refractivity contribution in [3.8, 4) is 11.4 Å². The second-order valence-electron chi connectivity index (χ2n) is 4.88. The van der Waals surface area contributed by atoms with Crippen molar-refractivity contribution in [2.45, 2.75) is 25.3 Å². The van der Waals surface area contributed by atoms with Gasteiger partial charge in [-0.3, -0.25) is 4.79 Å². The highest BCUT2D eigenvalue weighted by atomic mass is 19.1. The number of hydrogen-bond donors (Lipinski definition) is 0. The number of hydrogen-bond acceptors (Lipinski definition) is 4. The third-order valence-corrected chi connectivity index (χ3v) is 3.56. The lowest BCUT2D eigenvalue weighted by Gasteiger charge is -2.29. The van der Waals surface area contributed by atoms with Crippen molar-refractivity contribution in [2.24, 2.45) is 0 Å². The summed E-state index contributed by atoms with van der Waals surface area (Å²) in [6, 6.07) is 5.72. The van der Waals surface area contributed by atoms with Crippen LogP contribution in [0.1, 0.15) is 31.2 Å². The van der Waals surface area contributed by atoms with E-state index < -0.39 is 0 Å². The molecule has 20 heavy (non-hydrogen) atoms. The van der Waals surface area contributed by atoms with Crippen LogP contribution in [0.4, 0.5) is 4.39 Å². The molecule has 2 heterocycles. The Balaban J connectivity index is 1.86. The third kappa shape index (κ3) is 2.29. The first-order chi connectivity index (χ1) is 9.65. The molecule has 1 aliphatic rings. The first-order valence-corrected chi connectivity index (χ1v) is 6.50. The van der Waals surface area contributed by atoms with Gasteiger partial charge >= 0.3 is 0 Å². The number of likely N-dealkylation sites (tertiary alicyclic amines) is 1. The summed E-state index contributed by atoms with van der Waals surface area (Å²) < 4.78 is 18.1. The second-order valence-corrected chi connectivity index (χ2v) is 4.88. The summed E-state index contributed by atoms with van der Waals surface area (Å²) in [5, 5.41) is 3.90. The minimum atomic E-state index is -0.310. The molecule has 1 atom stereocenters. The normalized spacial score (nSPS) is 19.4. The first kappa shape index (κ1) is 12.8. The number of nitrogens with zero attached hydrogens (tertiary/aromatic N) is 3. The molecule has 1 unspecified atom stereocenters. The fraction of sp³-hybridized carbons (Fsp3) is 0.357. The Morgan fingerprint density at radius 2 is 2.10 bits per heavy atom. The van der Waals surface area contributed by atoms with Crippen molar-refractivity contribution < 1.29 is 13.7 Å². The zero-order chi connectivity index (χ0) is 14.1. The molecular weight excluding hydrogens is 261 g/mol. The van der Waals surface area contributed by atoms with Crippen LogP contribution in [0, 0.1) is 5.82 Å². The Hall–Kier alpha value is -2.24. The second kappa shape index (κ2) is 5.03. The predicted molar refractivity (Wildman–Crippen MR) is 69.1 cm³/mol. The van der Waals surface area contributed by atoms with Crippen LogP contribution in [0.5, 0.6) is 0 Å². The maximum atomic E-state index is 12.9. The van der Waals surface area contributed by atoms with Crippen LogP contribution < -0.4 is 0 Å². The van der Waals surface area contributed by atoms with Crippen LogP contribution in [0.15, 0.2) is 28.8 Å². The minimum absolute atomic E-state index is 0.0859. The quantitative estimate of drug-likeness (QED) is 0.845. The van der Waals surface area contributed by atoms with Gasteiger partial charge in [-0.1, -0.05) is 5.16 Å². The van der Waals surface area contributed by atoms with Crippen molar-refractivity contribution in [1.29, 1.82) is 0 Å². The number of aromatic nitrogens is 2. The maximum Gasteiger partial charge on any atom is 0.249 e. The van der Waals surface area contributed by atoms with Gasteiger partial charge in [0, 0.05) is 19.0 Å². The SMILES string of the molecule is CN1C(=O)CCCC1c1nc(-c2ccc(F)cc2)no1. The lowest BCUT2D eigenvalue weighted by atomic mass is 10.0. The largest absolute Gasteiger partial charge is 0.337 e. The average molecular weight is 275 g/mol. The molecule has 6 heteroatoms. The lowest BCUT2D eigenvalue weighted by Crippen LogP contribution is -2.34. The number of rotatable bonds is 2. The van der Waals surface area contributed by atoms with E-state index in [1.54, 1.807) is 24.1 Å². The number of carbonyl (C=O) groups is 1. The van der Waals surface area contributed by atoms with Crippen LogP contribution >= 0.6 is 0 Å². The number of amides is 1. The van der Waals surface area contributed by atoms with E-state index in [0.717, 1.165) is 12.8 Å². The van der Waals surface area contributed by atoms with E-state index in [1.165, 1.54) is 12.1 Å². The molecule has 0 aliphatic carbocycles. The molecule has 0 spiro atoms. The lowest BCUT2D eigenvalue weighted by molar-refractivity contribution is -0.135. The summed E-state index contributed by atoms with van der Waals surface area (Å²) in [6.45, 7) is 0. The summed E-state index contributed by atoms with van der Waals surface area (Å²) in [6.07, 6.45) is 2.20. The summed E-state index contributed by atoms with van der Waals surface area (Å²) in [7, 11) is 1.74. The zero-order valence-corrected chi connectivity index (χ0v) is 11.0. The van der Waals surface area contributed by atoms with Crippen LogP contribution in [0.25, 0.3) is 11.4 Å².